The van der Waals surface area contributed by atoms with Crippen molar-refractivity contribution in [2.45, 2.75) is 57.7 Å². The SMILES string of the molecule is CN(C)C1CCN(CC(=O)N2CC(C)(C)c3ccc(N4C(=O)N(Cc5ccnc6ccccc56)C(C)(C)C4=O)cc32)C1. The van der Waals surface area contributed by atoms with Gasteiger partial charge in [0.15, 0.2) is 0 Å². The van der Waals surface area contributed by atoms with Crippen LogP contribution in [0.4, 0.5) is 16.2 Å². The van der Waals surface area contributed by atoms with Gasteiger partial charge in [-0.25, -0.2) is 9.69 Å². The number of rotatable bonds is 6. The molecule has 6 rings (SSSR count). The first-order chi connectivity index (χ1) is 19.9. The van der Waals surface area contributed by atoms with Gasteiger partial charge in [0.1, 0.15) is 5.54 Å². The molecule has 0 bridgehead atoms. The number of carbonyl (C=O) groups is 3. The fourth-order valence-electron chi connectivity index (χ4n) is 6.69. The van der Waals surface area contributed by atoms with Gasteiger partial charge in [-0.15, -0.1) is 0 Å². The Balaban J connectivity index is 1.28. The first kappa shape index (κ1) is 28.3. The van der Waals surface area contributed by atoms with Gasteiger partial charge in [-0.3, -0.25) is 19.5 Å². The molecule has 1 unspecified atom stereocenters. The lowest BCUT2D eigenvalue weighted by atomic mass is 9.87. The average Bonchev–Trinajstić information content (AvgIpc) is 3.57. The molecule has 3 aliphatic rings. The molecule has 4 heterocycles. The van der Waals surface area contributed by atoms with Crippen molar-refractivity contribution in [2.24, 2.45) is 0 Å². The number of amides is 4. The van der Waals surface area contributed by atoms with Crippen LogP contribution in [0.3, 0.4) is 0 Å². The minimum absolute atomic E-state index is 0.0453. The number of anilines is 2. The van der Waals surface area contributed by atoms with Crippen LogP contribution in [0.15, 0.2) is 54.7 Å². The number of para-hydroxylation sites is 1. The first-order valence-corrected chi connectivity index (χ1v) is 14.7. The molecule has 0 radical (unpaired) electrons. The number of urea groups is 1. The van der Waals surface area contributed by atoms with E-state index in [-0.39, 0.29) is 29.8 Å². The van der Waals surface area contributed by atoms with Gasteiger partial charge in [0, 0.05) is 54.9 Å². The molecular formula is C33H40N6O3. The maximum absolute atomic E-state index is 14.0. The zero-order chi connectivity index (χ0) is 30.0. The van der Waals surface area contributed by atoms with Gasteiger partial charge in [-0.2, -0.15) is 0 Å². The van der Waals surface area contributed by atoms with E-state index in [2.05, 4.69) is 42.7 Å². The molecule has 0 spiro atoms. The second-order valence-electron chi connectivity index (χ2n) is 13.3. The Morgan fingerprint density at radius 3 is 2.55 bits per heavy atom. The van der Waals surface area contributed by atoms with E-state index < -0.39 is 5.54 Å². The van der Waals surface area contributed by atoms with Crippen molar-refractivity contribution in [3.8, 4) is 0 Å². The summed E-state index contributed by atoms with van der Waals surface area (Å²) in [5.41, 5.74) is 2.81. The number of hydrogen-bond acceptors (Lipinski definition) is 6. The Morgan fingerprint density at radius 1 is 1.05 bits per heavy atom. The highest BCUT2D eigenvalue weighted by molar-refractivity contribution is 6.23. The standard InChI is InChI=1S/C33H40N6O3/c1-32(2)21-37(29(40)20-36-16-14-24(19-36)35(5)6)28-17-23(11-12-26(28)32)39-30(41)33(3,4)38(31(39)42)18-22-13-15-34-27-10-8-7-9-25(22)27/h7-13,15,17,24H,14,16,18-21H2,1-6H3. The highest BCUT2D eigenvalue weighted by atomic mass is 16.2. The normalized spacial score (nSPS) is 21.7. The average molecular weight is 569 g/mol. The van der Waals surface area contributed by atoms with Gasteiger partial charge in [0.05, 0.1) is 17.7 Å². The number of imide groups is 1. The Labute approximate surface area is 247 Å². The van der Waals surface area contributed by atoms with Crippen molar-refractivity contribution in [1.82, 2.24) is 19.7 Å². The van der Waals surface area contributed by atoms with E-state index in [1.165, 1.54) is 4.90 Å². The molecule has 0 aliphatic carbocycles. The van der Waals surface area contributed by atoms with Crippen LogP contribution < -0.4 is 9.80 Å². The van der Waals surface area contributed by atoms with Gasteiger partial charge in [0.25, 0.3) is 5.91 Å². The summed E-state index contributed by atoms with van der Waals surface area (Å²) in [5, 5.41) is 0.957. The van der Waals surface area contributed by atoms with Crippen molar-refractivity contribution in [1.29, 1.82) is 0 Å². The Morgan fingerprint density at radius 2 is 1.81 bits per heavy atom. The van der Waals surface area contributed by atoms with Gasteiger partial charge in [-0.1, -0.05) is 38.1 Å². The third-order valence-corrected chi connectivity index (χ3v) is 9.34. The number of carbonyl (C=O) groups excluding carboxylic acids is 3. The highest BCUT2D eigenvalue weighted by Gasteiger charge is 2.52. The van der Waals surface area contributed by atoms with E-state index in [1.54, 1.807) is 24.9 Å². The quantitative estimate of drug-likeness (QED) is 0.414. The first-order valence-electron chi connectivity index (χ1n) is 14.7. The summed E-state index contributed by atoms with van der Waals surface area (Å²) in [5.74, 6) is -0.239. The molecule has 9 nitrogen and oxygen atoms in total. The van der Waals surface area contributed by atoms with E-state index in [0.29, 0.717) is 24.8 Å². The number of likely N-dealkylation sites (N-methyl/N-ethyl adjacent to an activating group) is 1. The number of pyridine rings is 1. The molecule has 1 atom stereocenters. The number of likely N-dealkylation sites (tertiary alicyclic amines) is 1. The van der Waals surface area contributed by atoms with E-state index in [9.17, 15) is 14.4 Å². The molecule has 3 aromatic rings. The maximum Gasteiger partial charge on any atom is 0.332 e. The molecule has 2 fully saturated rings. The lowest BCUT2D eigenvalue weighted by molar-refractivity contribution is -0.123. The fraction of sp³-hybridized carbons (Fsp3) is 0.455. The summed E-state index contributed by atoms with van der Waals surface area (Å²) in [6.45, 7) is 10.8. The summed E-state index contributed by atoms with van der Waals surface area (Å²) in [6, 6.07) is 15.5. The molecule has 1 aromatic heterocycles. The van der Waals surface area contributed by atoms with E-state index in [4.69, 9.17) is 0 Å². The van der Waals surface area contributed by atoms with Crippen LogP contribution in [0, 0.1) is 0 Å². The van der Waals surface area contributed by atoms with E-state index in [1.807, 2.05) is 53.4 Å². The molecule has 0 saturated carbocycles. The van der Waals surface area contributed by atoms with E-state index in [0.717, 1.165) is 47.2 Å². The fourth-order valence-corrected chi connectivity index (χ4v) is 6.69. The molecule has 2 aromatic carbocycles. The Hall–Kier alpha value is -3.82. The molecule has 220 valence electrons. The molecule has 0 N–H and O–H groups in total. The number of aromatic nitrogens is 1. The predicted molar refractivity (Wildman–Crippen MR) is 165 cm³/mol. The second kappa shape index (κ2) is 10.2. The number of benzene rings is 2. The minimum atomic E-state index is -1.05. The highest BCUT2D eigenvalue weighted by Crippen LogP contribution is 2.44. The molecule has 2 saturated heterocycles. The third-order valence-electron chi connectivity index (χ3n) is 9.34. The minimum Gasteiger partial charge on any atom is -0.310 e. The number of hydrogen-bond donors (Lipinski definition) is 0. The monoisotopic (exact) mass is 568 g/mol. The van der Waals surface area contributed by atoms with Gasteiger partial charge < -0.3 is 14.7 Å². The smallest absolute Gasteiger partial charge is 0.310 e. The molecule has 4 amide bonds. The van der Waals surface area contributed by atoms with Crippen molar-refractivity contribution < 1.29 is 14.4 Å². The van der Waals surface area contributed by atoms with Gasteiger partial charge >= 0.3 is 6.03 Å². The van der Waals surface area contributed by atoms with Crippen LogP contribution in [0.25, 0.3) is 10.9 Å². The topological polar surface area (TPSA) is 80.3 Å². The van der Waals surface area contributed by atoms with Crippen LogP contribution in [-0.4, -0.2) is 89.4 Å². The van der Waals surface area contributed by atoms with Crippen molar-refractivity contribution >= 4 is 40.1 Å². The molecule has 3 aliphatic heterocycles. The predicted octanol–water partition coefficient (Wildman–Crippen LogP) is 4.24. The van der Waals surface area contributed by atoms with E-state index >= 15 is 0 Å². The van der Waals surface area contributed by atoms with Gasteiger partial charge in [0.2, 0.25) is 5.91 Å². The van der Waals surface area contributed by atoms with Crippen molar-refractivity contribution in [3.05, 3.63) is 65.9 Å². The van der Waals surface area contributed by atoms with Gasteiger partial charge in [-0.05, 0) is 69.8 Å². The number of fused-ring (bicyclic) bond motifs is 2. The third kappa shape index (κ3) is 4.65. The second-order valence-corrected chi connectivity index (χ2v) is 13.3. The zero-order valence-electron chi connectivity index (χ0n) is 25.4. The lowest BCUT2D eigenvalue weighted by Crippen LogP contribution is -2.43. The van der Waals surface area contributed by atoms with Crippen molar-refractivity contribution in [3.63, 3.8) is 0 Å². The molecule has 42 heavy (non-hydrogen) atoms. The Bertz CT molecular complexity index is 1580. The summed E-state index contributed by atoms with van der Waals surface area (Å²) < 4.78 is 0. The Kier molecular flexibility index (Phi) is 6.85. The van der Waals surface area contributed by atoms with Crippen LogP contribution in [0.2, 0.25) is 0 Å². The lowest BCUT2D eigenvalue weighted by Gasteiger charge is -2.28. The zero-order valence-corrected chi connectivity index (χ0v) is 25.4. The maximum atomic E-state index is 14.0. The molecule has 9 heteroatoms. The summed E-state index contributed by atoms with van der Waals surface area (Å²) >= 11 is 0. The van der Waals surface area contributed by atoms with Crippen molar-refractivity contribution in [2.75, 3.05) is 50.1 Å². The van der Waals surface area contributed by atoms with Crippen LogP contribution in [0.1, 0.15) is 45.2 Å². The number of nitrogens with zero attached hydrogens (tertiary/aromatic N) is 6. The van der Waals surface area contributed by atoms with Crippen LogP contribution in [0.5, 0.6) is 0 Å². The largest absolute Gasteiger partial charge is 0.332 e. The van der Waals surface area contributed by atoms with Crippen LogP contribution in [-0.2, 0) is 21.5 Å². The summed E-state index contributed by atoms with van der Waals surface area (Å²) in [4.78, 5) is 55.1. The molecular weight excluding hydrogens is 528 g/mol. The summed E-state index contributed by atoms with van der Waals surface area (Å²) in [6.07, 6.45) is 2.79. The summed E-state index contributed by atoms with van der Waals surface area (Å²) in [7, 11) is 4.17. The van der Waals surface area contributed by atoms with Crippen LogP contribution >= 0.6 is 0 Å².